The van der Waals surface area contributed by atoms with Crippen LogP contribution in [0.25, 0.3) is 22.6 Å². The Labute approximate surface area is 161 Å². The standard InChI is InChI=1S/C22H17NO5/c1-26-15-11-12-18(27-20(22(24)25)14-7-3-2-4-8-14)16(13-15)21-23-17-9-5-6-10-19(17)28-21/h2-13,20H,1H3,(H,24,25). The number of benzene rings is 3. The van der Waals surface area contributed by atoms with Crippen molar-refractivity contribution in [1.29, 1.82) is 0 Å². The van der Waals surface area contributed by atoms with Crippen molar-refractivity contribution in [3.8, 4) is 23.0 Å². The van der Waals surface area contributed by atoms with E-state index in [9.17, 15) is 9.90 Å². The van der Waals surface area contributed by atoms with E-state index in [2.05, 4.69) is 4.98 Å². The molecule has 0 spiro atoms. The van der Waals surface area contributed by atoms with Gasteiger partial charge in [-0.05, 0) is 30.3 Å². The van der Waals surface area contributed by atoms with Crippen LogP contribution in [-0.4, -0.2) is 23.2 Å². The van der Waals surface area contributed by atoms with E-state index < -0.39 is 12.1 Å². The normalized spacial score (nSPS) is 11.9. The van der Waals surface area contributed by atoms with E-state index >= 15 is 0 Å². The van der Waals surface area contributed by atoms with Gasteiger partial charge in [0, 0.05) is 5.56 Å². The Balaban J connectivity index is 1.79. The molecule has 0 radical (unpaired) electrons. The van der Waals surface area contributed by atoms with Gasteiger partial charge in [-0.2, -0.15) is 0 Å². The van der Waals surface area contributed by atoms with Crippen molar-refractivity contribution in [1.82, 2.24) is 4.98 Å². The van der Waals surface area contributed by atoms with Crippen LogP contribution in [0.1, 0.15) is 11.7 Å². The van der Waals surface area contributed by atoms with Crippen LogP contribution in [0.5, 0.6) is 11.5 Å². The quantitative estimate of drug-likeness (QED) is 0.526. The van der Waals surface area contributed by atoms with Gasteiger partial charge in [0.15, 0.2) is 5.58 Å². The zero-order valence-corrected chi connectivity index (χ0v) is 15.0. The molecular weight excluding hydrogens is 358 g/mol. The van der Waals surface area contributed by atoms with Crippen molar-refractivity contribution in [3.05, 3.63) is 78.4 Å². The molecule has 1 unspecified atom stereocenters. The number of ether oxygens (including phenoxy) is 2. The van der Waals surface area contributed by atoms with Gasteiger partial charge >= 0.3 is 5.97 Å². The van der Waals surface area contributed by atoms with E-state index in [4.69, 9.17) is 13.9 Å². The highest BCUT2D eigenvalue weighted by molar-refractivity contribution is 5.79. The molecule has 0 aliphatic carbocycles. The molecule has 140 valence electrons. The number of carbonyl (C=O) groups is 1. The molecule has 1 N–H and O–H groups in total. The number of fused-ring (bicyclic) bond motifs is 1. The van der Waals surface area contributed by atoms with E-state index in [-0.39, 0.29) is 0 Å². The van der Waals surface area contributed by atoms with Gasteiger partial charge in [0.05, 0.1) is 12.7 Å². The lowest BCUT2D eigenvalue weighted by molar-refractivity contribution is -0.145. The first-order valence-corrected chi connectivity index (χ1v) is 8.64. The second-order valence-electron chi connectivity index (χ2n) is 6.10. The lowest BCUT2D eigenvalue weighted by atomic mass is 10.1. The Kier molecular flexibility index (Phi) is 4.68. The molecule has 0 amide bonds. The highest BCUT2D eigenvalue weighted by atomic mass is 16.5. The minimum absolute atomic E-state index is 0.326. The lowest BCUT2D eigenvalue weighted by Gasteiger charge is -2.17. The topological polar surface area (TPSA) is 81.8 Å². The van der Waals surface area contributed by atoms with E-state index in [1.165, 1.54) is 0 Å². The molecule has 0 fully saturated rings. The highest BCUT2D eigenvalue weighted by Gasteiger charge is 2.24. The van der Waals surface area contributed by atoms with Gasteiger partial charge in [-0.3, -0.25) is 0 Å². The van der Waals surface area contributed by atoms with Crippen LogP contribution in [-0.2, 0) is 4.79 Å². The van der Waals surface area contributed by atoms with E-state index in [0.717, 1.165) is 0 Å². The molecule has 4 aromatic rings. The molecule has 1 heterocycles. The second-order valence-corrected chi connectivity index (χ2v) is 6.10. The molecule has 0 saturated heterocycles. The van der Waals surface area contributed by atoms with Crippen LogP contribution in [0.4, 0.5) is 0 Å². The molecule has 6 nitrogen and oxygen atoms in total. The van der Waals surface area contributed by atoms with Gasteiger partial charge < -0.3 is 19.0 Å². The summed E-state index contributed by atoms with van der Waals surface area (Å²) in [6.45, 7) is 0. The molecule has 3 aromatic carbocycles. The lowest BCUT2D eigenvalue weighted by Crippen LogP contribution is -2.18. The van der Waals surface area contributed by atoms with Gasteiger partial charge in [0.1, 0.15) is 17.0 Å². The van der Waals surface area contributed by atoms with E-state index in [1.807, 2.05) is 30.3 Å². The predicted octanol–water partition coefficient (Wildman–Crippen LogP) is 4.71. The number of aliphatic carboxylic acids is 1. The fourth-order valence-electron chi connectivity index (χ4n) is 2.91. The Morgan fingerprint density at radius 3 is 2.50 bits per heavy atom. The third-order valence-electron chi connectivity index (χ3n) is 4.28. The third kappa shape index (κ3) is 3.40. The number of methoxy groups -OCH3 is 1. The maximum atomic E-state index is 11.8. The average molecular weight is 375 g/mol. The van der Waals surface area contributed by atoms with Gasteiger partial charge in [-0.15, -0.1) is 0 Å². The summed E-state index contributed by atoms with van der Waals surface area (Å²) in [6, 6.07) is 21.2. The number of carboxylic acid groups (broad SMARTS) is 1. The summed E-state index contributed by atoms with van der Waals surface area (Å²) < 4.78 is 17.0. The summed E-state index contributed by atoms with van der Waals surface area (Å²) >= 11 is 0. The monoisotopic (exact) mass is 375 g/mol. The molecule has 6 heteroatoms. The fraction of sp³-hybridized carbons (Fsp3) is 0.0909. The van der Waals surface area contributed by atoms with Crippen LogP contribution in [0.3, 0.4) is 0 Å². The zero-order chi connectivity index (χ0) is 19.5. The summed E-state index contributed by atoms with van der Waals surface area (Å²) in [7, 11) is 1.55. The van der Waals surface area contributed by atoms with Crippen molar-refractivity contribution in [2.75, 3.05) is 7.11 Å². The Morgan fingerprint density at radius 2 is 1.79 bits per heavy atom. The Hall–Kier alpha value is -3.80. The van der Waals surface area contributed by atoms with Gasteiger partial charge in [0.25, 0.3) is 0 Å². The Morgan fingerprint density at radius 1 is 1.04 bits per heavy atom. The van der Waals surface area contributed by atoms with Crippen molar-refractivity contribution >= 4 is 17.1 Å². The first-order valence-electron chi connectivity index (χ1n) is 8.64. The van der Waals surface area contributed by atoms with Crippen molar-refractivity contribution in [2.45, 2.75) is 6.10 Å². The third-order valence-corrected chi connectivity index (χ3v) is 4.28. The van der Waals surface area contributed by atoms with Gasteiger partial charge in [-0.1, -0.05) is 42.5 Å². The number of carboxylic acids is 1. The van der Waals surface area contributed by atoms with Crippen molar-refractivity contribution in [2.24, 2.45) is 0 Å². The Bertz CT molecular complexity index is 1090. The molecule has 0 aliphatic heterocycles. The molecule has 28 heavy (non-hydrogen) atoms. The second kappa shape index (κ2) is 7.44. The maximum absolute atomic E-state index is 11.8. The molecule has 4 rings (SSSR count). The summed E-state index contributed by atoms with van der Waals surface area (Å²) in [5.74, 6) is 0.151. The van der Waals surface area contributed by atoms with E-state index in [1.54, 1.807) is 49.6 Å². The number of aromatic nitrogens is 1. The summed E-state index contributed by atoms with van der Waals surface area (Å²) in [6.07, 6.45) is -1.17. The summed E-state index contributed by atoms with van der Waals surface area (Å²) in [5, 5.41) is 9.68. The highest BCUT2D eigenvalue weighted by Crippen LogP contribution is 2.37. The fourth-order valence-corrected chi connectivity index (χ4v) is 2.91. The van der Waals surface area contributed by atoms with Gasteiger partial charge in [0.2, 0.25) is 12.0 Å². The largest absolute Gasteiger partial charge is 0.497 e. The average Bonchev–Trinajstić information content (AvgIpc) is 3.16. The molecule has 0 saturated carbocycles. The van der Waals surface area contributed by atoms with E-state index in [0.29, 0.717) is 39.6 Å². The van der Waals surface area contributed by atoms with Crippen molar-refractivity contribution < 1.29 is 23.8 Å². The van der Waals surface area contributed by atoms with Crippen molar-refractivity contribution in [3.63, 3.8) is 0 Å². The number of hydrogen-bond acceptors (Lipinski definition) is 5. The summed E-state index contributed by atoms with van der Waals surface area (Å²) in [4.78, 5) is 16.3. The predicted molar refractivity (Wildman–Crippen MR) is 103 cm³/mol. The first kappa shape index (κ1) is 17.6. The minimum atomic E-state index is -1.17. The minimum Gasteiger partial charge on any atom is -0.497 e. The maximum Gasteiger partial charge on any atom is 0.349 e. The molecule has 1 aromatic heterocycles. The zero-order valence-electron chi connectivity index (χ0n) is 15.0. The van der Waals surface area contributed by atoms with Crippen LogP contribution in [0.2, 0.25) is 0 Å². The number of para-hydroxylation sites is 2. The molecule has 1 atom stereocenters. The van der Waals surface area contributed by atoms with Crippen LogP contribution < -0.4 is 9.47 Å². The molecule has 0 aliphatic rings. The first-order chi connectivity index (χ1) is 13.7. The molecular formula is C22H17NO5. The number of hydrogen-bond donors (Lipinski definition) is 1. The smallest absolute Gasteiger partial charge is 0.349 e. The van der Waals surface area contributed by atoms with Crippen LogP contribution in [0.15, 0.2) is 77.2 Å². The number of oxazole rings is 1. The van der Waals surface area contributed by atoms with Gasteiger partial charge in [-0.25, -0.2) is 9.78 Å². The number of nitrogens with zero attached hydrogens (tertiary/aromatic N) is 1. The molecule has 0 bridgehead atoms. The summed E-state index contributed by atoms with van der Waals surface area (Å²) in [5.41, 5.74) is 2.38. The number of rotatable bonds is 6. The SMILES string of the molecule is COc1ccc(OC(C(=O)O)c2ccccc2)c(-c2nc3ccccc3o2)c1. The van der Waals surface area contributed by atoms with Crippen LogP contribution >= 0.6 is 0 Å². The van der Waals surface area contributed by atoms with Crippen LogP contribution in [0, 0.1) is 0 Å².